The van der Waals surface area contributed by atoms with Crippen molar-refractivity contribution in [2.24, 2.45) is 35.0 Å². The van der Waals surface area contributed by atoms with Crippen molar-refractivity contribution in [3.05, 3.63) is 0 Å². The molecule has 10 heteroatoms. The highest BCUT2D eigenvalue weighted by Gasteiger charge is 2.58. The molecule has 4 aliphatic carbocycles. The van der Waals surface area contributed by atoms with E-state index in [9.17, 15) is 16.8 Å². The zero-order chi connectivity index (χ0) is 20.3. The molecule has 0 aromatic heterocycles. The van der Waals surface area contributed by atoms with E-state index in [0.29, 0.717) is 48.9 Å². The van der Waals surface area contributed by atoms with E-state index in [2.05, 4.69) is 6.92 Å². The minimum atomic E-state index is -4.45. The summed E-state index contributed by atoms with van der Waals surface area (Å²) in [6.07, 6.45) is 6.85. The lowest BCUT2D eigenvalue weighted by Crippen LogP contribution is -2.50. The highest BCUT2D eigenvalue weighted by molar-refractivity contribution is 7.81. The molecular formula is C18H30O8S2. The summed E-state index contributed by atoms with van der Waals surface area (Å²) in [5.74, 6) is 2.43. The fourth-order valence-electron chi connectivity index (χ4n) is 7.33. The Morgan fingerprint density at radius 1 is 0.786 bits per heavy atom. The van der Waals surface area contributed by atoms with E-state index in [1.165, 1.54) is 0 Å². The van der Waals surface area contributed by atoms with E-state index in [0.717, 1.165) is 38.5 Å². The Kier molecular flexibility index (Phi) is 5.37. The summed E-state index contributed by atoms with van der Waals surface area (Å²) < 4.78 is 72.6. The summed E-state index contributed by atoms with van der Waals surface area (Å²) in [5, 5.41) is 0. The molecule has 0 spiro atoms. The first-order chi connectivity index (χ1) is 13.0. The molecule has 4 fully saturated rings. The Balaban J connectivity index is 1.46. The number of fused-ring (bicyclic) bond motifs is 5. The van der Waals surface area contributed by atoms with Crippen LogP contribution in [0, 0.1) is 35.0 Å². The fourth-order valence-corrected chi connectivity index (χ4v) is 8.45. The smallest absolute Gasteiger partial charge is 0.264 e. The van der Waals surface area contributed by atoms with E-state index in [4.69, 9.17) is 17.5 Å². The van der Waals surface area contributed by atoms with Gasteiger partial charge in [0.1, 0.15) is 0 Å². The average Bonchev–Trinajstić information content (AvgIpc) is 2.88. The maximum atomic E-state index is 11.3. The van der Waals surface area contributed by atoms with Crippen molar-refractivity contribution in [1.82, 2.24) is 0 Å². The molecule has 4 saturated carbocycles. The van der Waals surface area contributed by atoms with Crippen molar-refractivity contribution >= 4 is 20.8 Å². The van der Waals surface area contributed by atoms with E-state index < -0.39 is 33.0 Å². The molecule has 8 atom stereocenters. The van der Waals surface area contributed by atoms with Crippen LogP contribution < -0.4 is 0 Å². The summed E-state index contributed by atoms with van der Waals surface area (Å²) >= 11 is 0. The molecule has 0 aliphatic heterocycles. The summed E-state index contributed by atoms with van der Waals surface area (Å²) in [4.78, 5) is 0. The van der Waals surface area contributed by atoms with Crippen LogP contribution in [0.1, 0.15) is 64.7 Å². The lowest BCUT2D eigenvalue weighted by molar-refractivity contribution is -0.0853. The molecule has 0 aromatic rings. The van der Waals surface area contributed by atoms with Crippen molar-refractivity contribution in [2.45, 2.75) is 76.9 Å². The summed E-state index contributed by atoms with van der Waals surface area (Å²) in [6.45, 7) is 2.11. The van der Waals surface area contributed by atoms with Gasteiger partial charge in [-0.15, -0.1) is 0 Å². The molecule has 0 aromatic carbocycles. The third-order valence-corrected chi connectivity index (χ3v) is 9.31. The molecular weight excluding hydrogens is 408 g/mol. The summed E-state index contributed by atoms with van der Waals surface area (Å²) in [7, 11) is -8.86. The summed E-state index contributed by atoms with van der Waals surface area (Å²) in [5.41, 5.74) is -0.227. The van der Waals surface area contributed by atoms with Gasteiger partial charge in [0.25, 0.3) is 0 Å². The van der Waals surface area contributed by atoms with Gasteiger partial charge in [-0.1, -0.05) is 6.92 Å². The van der Waals surface area contributed by atoms with Crippen LogP contribution >= 0.6 is 0 Å². The maximum absolute atomic E-state index is 11.3. The number of hydrogen-bond donors (Lipinski definition) is 2. The third kappa shape index (κ3) is 4.00. The second-order valence-electron chi connectivity index (χ2n) is 9.53. The lowest BCUT2D eigenvalue weighted by Gasteiger charge is -2.55. The standard InChI is InChI=1S/C18H30O8S2/c1-18-9-8-14-13-5-3-12(25-27(19,20)21)10-11(13)2-4-15(14)16(18)6-7-17(18)26-28(22,23)24/h11-17H,2-10H2,1H3,(H,19,20,21)(H,22,23,24)/t11-,12-,13-,14+,15+,16-,17-,18-/m0/s1. The normalized spacial score (nSPS) is 46.5. The van der Waals surface area contributed by atoms with Crippen LogP contribution in [0.5, 0.6) is 0 Å². The predicted octanol–water partition coefficient (Wildman–Crippen LogP) is 3.02. The monoisotopic (exact) mass is 438 g/mol. The molecule has 4 rings (SSSR count). The third-order valence-electron chi connectivity index (χ3n) is 8.31. The number of hydrogen-bond acceptors (Lipinski definition) is 6. The Hall–Kier alpha value is -0.260. The van der Waals surface area contributed by atoms with Gasteiger partial charge in [-0.3, -0.25) is 9.11 Å². The van der Waals surface area contributed by atoms with Gasteiger partial charge in [-0.2, -0.15) is 16.8 Å². The number of rotatable bonds is 4. The zero-order valence-corrected chi connectivity index (χ0v) is 17.7. The molecule has 2 N–H and O–H groups in total. The first-order valence-electron chi connectivity index (χ1n) is 10.3. The van der Waals surface area contributed by atoms with Crippen LogP contribution in [-0.4, -0.2) is 38.1 Å². The second-order valence-corrected chi connectivity index (χ2v) is 11.6. The van der Waals surface area contributed by atoms with Crippen molar-refractivity contribution in [3.8, 4) is 0 Å². The van der Waals surface area contributed by atoms with E-state index in [-0.39, 0.29) is 5.41 Å². The average molecular weight is 439 g/mol. The molecule has 0 radical (unpaired) electrons. The van der Waals surface area contributed by atoms with Gasteiger partial charge >= 0.3 is 20.8 Å². The van der Waals surface area contributed by atoms with Crippen LogP contribution in [-0.2, 0) is 29.2 Å². The van der Waals surface area contributed by atoms with E-state index >= 15 is 0 Å². The highest BCUT2D eigenvalue weighted by atomic mass is 32.3. The largest absolute Gasteiger partial charge is 0.397 e. The van der Waals surface area contributed by atoms with Crippen LogP contribution in [0.3, 0.4) is 0 Å². The highest BCUT2D eigenvalue weighted by Crippen LogP contribution is 2.63. The SMILES string of the molecule is C[C@]12CC[C@H]3[C@@H](CC[C@H]4C[C@@H](OS(=O)(=O)O)CC[C@@H]43)[C@@H]1CC[C@@H]2OS(=O)(=O)O. The van der Waals surface area contributed by atoms with Crippen LogP contribution in [0.25, 0.3) is 0 Å². The molecule has 0 unspecified atom stereocenters. The van der Waals surface area contributed by atoms with Crippen molar-refractivity contribution < 1.29 is 34.3 Å². The minimum absolute atomic E-state index is 0.227. The van der Waals surface area contributed by atoms with Gasteiger partial charge in [0, 0.05) is 0 Å². The van der Waals surface area contributed by atoms with Crippen molar-refractivity contribution in [1.29, 1.82) is 0 Å². The van der Waals surface area contributed by atoms with Gasteiger partial charge in [0.05, 0.1) is 12.2 Å². The molecule has 0 amide bonds. The van der Waals surface area contributed by atoms with Gasteiger partial charge in [-0.25, -0.2) is 8.37 Å². The van der Waals surface area contributed by atoms with E-state index in [1.807, 2.05) is 0 Å². The van der Waals surface area contributed by atoms with Gasteiger partial charge in [0.2, 0.25) is 0 Å². The first-order valence-corrected chi connectivity index (χ1v) is 13.0. The molecule has 0 heterocycles. The Morgan fingerprint density at radius 2 is 1.46 bits per heavy atom. The molecule has 4 aliphatic rings. The fraction of sp³-hybridized carbons (Fsp3) is 1.00. The molecule has 0 bridgehead atoms. The van der Waals surface area contributed by atoms with Crippen molar-refractivity contribution in [3.63, 3.8) is 0 Å². The Bertz CT molecular complexity index is 809. The predicted molar refractivity (Wildman–Crippen MR) is 100.0 cm³/mol. The summed E-state index contributed by atoms with van der Waals surface area (Å²) in [6, 6.07) is 0. The van der Waals surface area contributed by atoms with Crippen molar-refractivity contribution in [2.75, 3.05) is 0 Å². The van der Waals surface area contributed by atoms with Crippen LogP contribution in [0.4, 0.5) is 0 Å². The van der Waals surface area contributed by atoms with Gasteiger partial charge in [-0.05, 0) is 92.8 Å². The molecule has 162 valence electrons. The van der Waals surface area contributed by atoms with Gasteiger partial charge < -0.3 is 0 Å². The topological polar surface area (TPSA) is 127 Å². The maximum Gasteiger partial charge on any atom is 0.397 e. The van der Waals surface area contributed by atoms with Crippen LogP contribution in [0.15, 0.2) is 0 Å². The minimum Gasteiger partial charge on any atom is -0.264 e. The first kappa shape index (κ1) is 21.0. The quantitative estimate of drug-likeness (QED) is 0.641. The molecule has 8 nitrogen and oxygen atoms in total. The Labute approximate surface area is 167 Å². The van der Waals surface area contributed by atoms with Gasteiger partial charge in [0.15, 0.2) is 0 Å². The van der Waals surface area contributed by atoms with E-state index in [1.54, 1.807) is 0 Å². The lowest BCUT2D eigenvalue weighted by atomic mass is 9.50. The zero-order valence-electron chi connectivity index (χ0n) is 16.1. The molecule has 28 heavy (non-hydrogen) atoms. The molecule has 0 saturated heterocycles. The van der Waals surface area contributed by atoms with Crippen LogP contribution in [0.2, 0.25) is 0 Å². The Morgan fingerprint density at radius 3 is 2.14 bits per heavy atom. The second kappa shape index (κ2) is 7.16.